The van der Waals surface area contributed by atoms with Gasteiger partial charge in [-0.25, -0.2) is 0 Å². The van der Waals surface area contributed by atoms with Gasteiger partial charge in [-0.1, -0.05) is 0 Å². The van der Waals surface area contributed by atoms with Gasteiger partial charge >= 0.3 is 6.18 Å². The molecule has 1 heterocycles. The highest BCUT2D eigenvalue weighted by Crippen LogP contribution is 2.33. The summed E-state index contributed by atoms with van der Waals surface area (Å²) >= 11 is 0. The van der Waals surface area contributed by atoms with E-state index in [0.29, 0.717) is 6.20 Å². The lowest BCUT2D eigenvalue weighted by Gasteiger charge is -2.05. The maximum atomic E-state index is 12.2. The molecule has 0 unspecified atom stereocenters. The van der Waals surface area contributed by atoms with E-state index in [1.54, 1.807) is 0 Å². The highest BCUT2D eigenvalue weighted by Gasteiger charge is 2.33. The Morgan fingerprint density at radius 2 is 2.00 bits per heavy atom. The fraction of sp³-hybridized carbons (Fsp3) is 0.400. The number of halogens is 3. The molecule has 0 N–H and O–H groups in total. The summed E-state index contributed by atoms with van der Waals surface area (Å²) in [4.78, 5) is 15.0. The fourth-order valence-corrected chi connectivity index (χ4v) is 1.26. The molecular weight excluding hydrogens is 207 g/mol. The van der Waals surface area contributed by atoms with Crippen LogP contribution in [0.3, 0.4) is 0 Å². The number of aromatic nitrogens is 1. The van der Waals surface area contributed by atoms with Gasteiger partial charge in [0.2, 0.25) is 0 Å². The van der Waals surface area contributed by atoms with Crippen molar-refractivity contribution in [1.29, 1.82) is 0 Å². The normalized spacial score (nSPS) is 16.5. The second kappa shape index (κ2) is 3.32. The van der Waals surface area contributed by atoms with E-state index in [9.17, 15) is 18.0 Å². The van der Waals surface area contributed by atoms with Gasteiger partial charge < -0.3 is 0 Å². The predicted octanol–water partition coefficient (Wildman–Crippen LogP) is 2.69. The molecule has 15 heavy (non-hydrogen) atoms. The van der Waals surface area contributed by atoms with Crippen LogP contribution in [0, 0.1) is 5.92 Å². The summed E-state index contributed by atoms with van der Waals surface area (Å²) in [6.07, 6.45) is -2.05. The molecule has 1 aliphatic carbocycles. The van der Waals surface area contributed by atoms with Crippen LogP contribution >= 0.6 is 0 Å². The Labute approximate surface area is 84.1 Å². The predicted molar refractivity (Wildman–Crippen MR) is 46.3 cm³/mol. The average Bonchev–Trinajstić information content (AvgIpc) is 2.99. The lowest BCUT2D eigenvalue weighted by atomic mass is 10.1. The minimum atomic E-state index is -4.39. The third-order valence-corrected chi connectivity index (χ3v) is 2.29. The Bertz CT molecular complexity index is 379. The first-order valence-electron chi connectivity index (χ1n) is 4.56. The zero-order valence-electron chi connectivity index (χ0n) is 7.71. The quantitative estimate of drug-likeness (QED) is 0.710. The third-order valence-electron chi connectivity index (χ3n) is 2.29. The Morgan fingerprint density at radius 1 is 1.33 bits per heavy atom. The molecule has 1 aromatic rings. The highest BCUT2D eigenvalue weighted by atomic mass is 19.4. The van der Waals surface area contributed by atoms with Crippen molar-refractivity contribution in [3.63, 3.8) is 0 Å². The number of nitrogens with zero attached hydrogens (tertiary/aromatic N) is 1. The zero-order chi connectivity index (χ0) is 11.1. The molecule has 2 rings (SSSR count). The van der Waals surface area contributed by atoms with Gasteiger partial charge in [-0.05, 0) is 25.0 Å². The summed E-state index contributed by atoms with van der Waals surface area (Å²) in [7, 11) is 0. The second-order valence-corrected chi connectivity index (χ2v) is 3.57. The molecule has 0 radical (unpaired) electrons. The van der Waals surface area contributed by atoms with Gasteiger partial charge in [-0.15, -0.1) is 0 Å². The monoisotopic (exact) mass is 215 g/mol. The molecule has 1 fully saturated rings. The van der Waals surface area contributed by atoms with Crippen molar-refractivity contribution in [2.45, 2.75) is 19.0 Å². The topological polar surface area (TPSA) is 30.0 Å². The smallest absolute Gasteiger partial charge is 0.292 e. The lowest BCUT2D eigenvalue weighted by molar-refractivity contribution is -0.137. The minimum absolute atomic E-state index is 0.0192. The molecule has 2 nitrogen and oxygen atoms in total. The number of alkyl halides is 3. The molecular formula is C10H8F3NO. The van der Waals surface area contributed by atoms with E-state index >= 15 is 0 Å². The highest BCUT2D eigenvalue weighted by molar-refractivity contribution is 5.97. The van der Waals surface area contributed by atoms with Crippen LogP contribution in [-0.2, 0) is 6.18 Å². The van der Waals surface area contributed by atoms with E-state index in [1.165, 1.54) is 0 Å². The van der Waals surface area contributed by atoms with Crippen LogP contribution in [0.4, 0.5) is 13.2 Å². The number of pyridine rings is 1. The summed E-state index contributed by atoms with van der Waals surface area (Å²) < 4.78 is 36.5. The van der Waals surface area contributed by atoms with Gasteiger partial charge in [0.1, 0.15) is 5.69 Å². The Kier molecular flexibility index (Phi) is 2.25. The van der Waals surface area contributed by atoms with E-state index < -0.39 is 11.7 Å². The van der Waals surface area contributed by atoms with E-state index in [4.69, 9.17) is 0 Å². The van der Waals surface area contributed by atoms with Gasteiger partial charge in [0.05, 0.1) is 5.56 Å². The van der Waals surface area contributed by atoms with Gasteiger partial charge in [0.25, 0.3) is 0 Å². The summed E-state index contributed by atoms with van der Waals surface area (Å²) in [5.41, 5.74) is -0.694. The number of carbonyl (C=O) groups excluding carboxylic acids is 1. The number of rotatable bonds is 2. The Morgan fingerprint density at radius 3 is 2.40 bits per heavy atom. The van der Waals surface area contributed by atoms with Crippen LogP contribution in [-0.4, -0.2) is 10.8 Å². The summed E-state index contributed by atoms with van der Waals surface area (Å²) in [5, 5.41) is 0. The standard InChI is InChI=1S/C10H8F3NO/c11-10(12,13)7-3-4-8(14-5-7)9(15)6-1-2-6/h3-6H,1-2H2. The van der Waals surface area contributed by atoms with Gasteiger partial charge in [-0.2, -0.15) is 13.2 Å². The molecule has 1 aliphatic rings. The van der Waals surface area contributed by atoms with Crippen LogP contribution in [0.5, 0.6) is 0 Å². The van der Waals surface area contributed by atoms with Crippen LogP contribution < -0.4 is 0 Å². The summed E-state index contributed by atoms with van der Waals surface area (Å²) in [5.74, 6) is -0.169. The largest absolute Gasteiger partial charge is 0.417 e. The number of ketones is 1. The van der Waals surface area contributed by atoms with E-state index in [2.05, 4.69) is 4.98 Å². The maximum absolute atomic E-state index is 12.2. The van der Waals surface area contributed by atoms with Gasteiger partial charge in [0, 0.05) is 12.1 Å². The first-order valence-corrected chi connectivity index (χ1v) is 4.56. The van der Waals surface area contributed by atoms with E-state index in [0.717, 1.165) is 25.0 Å². The average molecular weight is 215 g/mol. The number of hydrogen-bond donors (Lipinski definition) is 0. The summed E-state index contributed by atoms with van der Waals surface area (Å²) in [6.45, 7) is 0. The molecule has 0 atom stereocenters. The van der Waals surface area contributed by atoms with E-state index in [1.807, 2.05) is 0 Å². The molecule has 0 aliphatic heterocycles. The van der Waals surface area contributed by atoms with Crippen molar-refractivity contribution in [2.75, 3.05) is 0 Å². The van der Waals surface area contributed by atoms with Crippen LogP contribution in [0.25, 0.3) is 0 Å². The molecule has 0 amide bonds. The maximum Gasteiger partial charge on any atom is 0.417 e. The zero-order valence-corrected chi connectivity index (χ0v) is 7.71. The Balaban J connectivity index is 2.20. The van der Waals surface area contributed by atoms with Crippen molar-refractivity contribution < 1.29 is 18.0 Å². The van der Waals surface area contributed by atoms with Crippen molar-refractivity contribution >= 4 is 5.78 Å². The molecule has 0 saturated heterocycles. The lowest BCUT2D eigenvalue weighted by Crippen LogP contribution is -2.09. The van der Waals surface area contributed by atoms with Crippen molar-refractivity contribution in [3.05, 3.63) is 29.6 Å². The van der Waals surface area contributed by atoms with Crippen LogP contribution in [0.1, 0.15) is 28.9 Å². The number of hydrogen-bond acceptors (Lipinski definition) is 2. The minimum Gasteiger partial charge on any atom is -0.292 e. The molecule has 0 aromatic carbocycles. The first-order chi connectivity index (χ1) is 6.98. The summed E-state index contributed by atoms with van der Waals surface area (Å²) in [6, 6.07) is 2.03. The molecule has 5 heteroatoms. The molecule has 1 aromatic heterocycles. The second-order valence-electron chi connectivity index (χ2n) is 3.57. The number of carbonyl (C=O) groups is 1. The number of Topliss-reactive ketones (excluding diaryl/α,β-unsaturated/α-hetero) is 1. The van der Waals surface area contributed by atoms with Crippen LogP contribution in [0.15, 0.2) is 18.3 Å². The van der Waals surface area contributed by atoms with Gasteiger partial charge in [0.15, 0.2) is 5.78 Å². The van der Waals surface area contributed by atoms with Crippen molar-refractivity contribution in [1.82, 2.24) is 4.98 Å². The molecule has 1 saturated carbocycles. The molecule has 0 bridgehead atoms. The van der Waals surface area contributed by atoms with Gasteiger partial charge in [-0.3, -0.25) is 9.78 Å². The molecule has 80 valence electrons. The van der Waals surface area contributed by atoms with Crippen LogP contribution in [0.2, 0.25) is 0 Å². The van der Waals surface area contributed by atoms with Crippen molar-refractivity contribution in [2.24, 2.45) is 5.92 Å². The van der Waals surface area contributed by atoms with E-state index in [-0.39, 0.29) is 17.4 Å². The third kappa shape index (κ3) is 2.16. The fourth-order valence-electron chi connectivity index (χ4n) is 1.26. The molecule has 0 spiro atoms. The SMILES string of the molecule is O=C(c1ccc(C(F)(F)F)cn1)C1CC1. The Hall–Kier alpha value is -1.39. The van der Waals surface area contributed by atoms with Crippen molar-refractivity contribution in [3.8, 4) is 0 Å². The first kappa shape index (κ1) is 10.1.